The second-order valence-electron chi connectivity index (χ2n) is 6.31. The Morgan fingerprint density at radius 1 is 1.22 bits per heavy atom. The number of aromatic nitrogens is 2. The Hall–Kier alpha value is -3.35. The molecular formula is C20H20N2O5. The summed E-state index contributed by atoms with van der Waals surface area (Å²) in [5.41, 5.74) is 2.71. The van der Waals surface area contributed by atoms with Crippen LogP contribution in [0.4, 0.5) is 0 Å². The molecule has 0 radical (unpaired) electrons. The molecular weight excluding hydrogens is 348 g/mol. The fourth-order valence-corrected chi connectivity index (χ4v) is 2.89. The molecule has 0 amide bonds. The van der Waals surface area contributed by atoms with Gasteiger partial charge in [-0.3, -0.25) is 9.59 Å². The predicted octanol–water partition coefficient (Wildman–Crippen LogP) is 3.32. The summed E-state index contributed by atoms with van der Waals surface area (Å²) in [6.45, 7) is 5.29. The molecule has 0 aliphatic rings. The summed E-state index contributed by atoms with van der Waals surface area (Å²) < 4.78 is 12.4. The molecule has 3 heterocycles. The van der Waals surface area contributed by atoms with Gasteiger partial charge in [0.05, 0.1) is 12.8 Å². The Kier molecular flexibility index (Phi) is 5.12. The molecule has 0 saturated heterocycles. The van der Waals surface area contributed by atoms with E-state index in [4.69, 9.17) is 9.15 Å². The molecule has 0 spiro atoms. The highest BCUT2D eigenvalue weighted by molar-refractivity contribution is 6.01. The van der Waals surface area contributed by atoms with E-state index in [1.807, 2.05) is 30.5 Å². The second kappa shape index (κ2) is 7.49. The van der Waals surface area contributed by atoms with Gasteiger partial charge in [-0.05, 0) is 45.0 Å². The normalized spacial score (nSPS) is 10.8. The van der Waals surface area contributed by atoms with Gasteiger partial charge in [0, 0.05) is 28.7 Å². The van der Waals surface area contributed by atoms with E-state index in [-0.39, 0.29) is 23.9 Å². The summed E-state index contributed by atoms with van der Waals surface area (Å²) in [7, 11) is 0. The number of hydrogen-bond donors (Lipinski definition) is 1. The van der Waals surface area contributed by atoms with Crippen molar-refractivity contribution >= 4 is 17.5 Å². The van der Waals surface area contributed by atoms with Crippen molar-refractivity contribution in [3.05, 3.63) is 70.7 Å². The smallest absolute Gasteiger partial charge is 0.355 e. The fraction of sp³-hybridized carbons (Fsp3) is 0.250. The van der Waals surface area contributed by atoms with Crippen molar-refractivity contribution in [2.24, 2.45) is 0 Å². The van der Waals surface area contributed by atoms with E-state index in [9.17, 15) is 14.4 Å². The van der Waals surface area contributed by atoms with Gasteiger partial charge in [0.2, 0.25) is 5.78 Å². The molecule has 0 saturated carbocycles. The second-order valence-corrected chi connectivity index (χ2v) is 6.31. The maximum Gasteiger partial charge on any atom is 0.355 e. The molecule has 27 heavy (non-hydrogen) atoms. The van der Waals surface area contributed by atoms with Gasteiger partial charge in [0.15, 0.2) is 12.4 Å². The minimum atomic E-state index is -0.680. The zero-order valence-corrected chi connectivity index (χ0v) is 15.4. The Bertz CT molecular complexity index is 992. The molecule has 0 bridgehead atoms. The minimum Gasteiger partial charge on any atom is -0.467 e. The number of aromatic amines is 1. The van der Waals surface area contributed by atoms with E-state index < -0.39 is 5.97 Å². The van der Waals surface area contributed by atoms with Crippen LogP contribution in [0, 0.1) is 13.8 Å². The molecule has 0 aromatic carbocycles. The summed E-state index contributed by atoms with van der Waals surface area (Å²) in [5.74, 6) is -0.346. The SMILES string of the molecule is CC(=O)c1c[nH]c(C(=O)OCC(=O)c2cc(C)n(Cc3ccco3)c2C)c1. The van der Waals surface area contributed by atoms with E-state index in [2.05, 4.69) is 4.98 Å². The van der Waals surface area contributed by atoms with Crippen molar-refractivity contribution in [1.82, 2.24) is 9.55 Å². The number of furan rings is 1. The van der Waals surface area contributed by atoms with Gasteiger partial charge in [0.25, 0.3) is 0 Å². The molecule has 3 aromatic heterocycles. The quantitative estimate of drug-likeness (QED) is 0.510. The van der Waals surface area contributed by atoms with Crippen molar-refractivity contribution in [2.45, 2.75) is 27.3 Å². The third-order valence-electron chi connectivity index (χ3n) is 4.41. The van der Waals surface area contributed by atoms with E-state index in [1.54, 1.807) is 12.3 Å². The lowest BCUT2D eigenvalue weighted by atomic mass is 10.1. The van der Waals surface area contributed by atoms with Crippen LogP contribution in [0.25, 0.3) is 0 Å². The average molecular weight is 368 g/mol. The van der Waals surface area contributed by atoms with Crippen molar-refractivity contribution in [2.75, 3.05) is 6.61 Å². The first-order valence-corrected chi connectivity index (χ1v) is 8.45. The largest absolute Gasteiger partial charge is 0.467 e. The molecule has 1 N–H and O–H groups in total. The summed E-state index contributed by atoms with van der Waals surface area (Å²) in [6.07, 6.45) is 3.04. The number of hydrogen-bond acceptors (Lipinski definition) is 5. The average Bonchev–Trinajstić information content (AvgIpc) is 3.36. The first-order chi connectivity index (χ1) is 12.9. The van der Waals surface area contributed by atoms with Crippen LogP contribution in [-0.2, 0) is 11.3 Å². The third kappa shape index (κ3) is 3.92. The molecule has 0 unspecified atom stereocenters. The lowest BCUT2D eigenvalue weighted by molar-refractivity contribution is 0.0469. The number of nitrogens with zero attached hydrogens (tertiary/aromatic N) is 1. The lowest BCUT2D eigenvalue weighted by Crippen LogP contribution is -2.15. The number of ether oxygens (including phenoxy) is 1. The van der Waals surface area contributed by atoms with E-state index in [0.29, 0.717) is 17.7 Å². The zero-order valence-electron chi connectivity index (χ0n) is 15.4. The topological polar surface area (TPSA) is 94.3 Å². The van der Waals surface area contributed by atoms with Gasteiger partial charge < -0.3 is 18.7 Å². The first-order valence-electron chi connectivity index (χ1n) is 8.45. The van der Waals surface area contributed by atoms with E-state index >= 15 is 0 Å². The Balaban J connectivity index is 1.67. The Labute approximate surface area is 155 Å². The van der Waals surface area contributed by atoms with Gasteiger partial charge in [-0.1, -0.05) is 0 Å². The number of ketones is 2. The molecule has 7 nitrogen and oxygen atoms in total. The van der Waals surface area contributed by atoms with Gasteiger partial charge in [-0.2, -0.15) is 0 Å². The molecule has 7 heteroatoms. The maximum absolute atomic E-state index is 12.5. The standard InChI is InChI=1S/C20H20N2O5/c1-12-7-17(13(2)22(12)10-16-5-4-6-26-16)19(24)11-27-20(25)18-8-15(9-21-18)14(3)23/h4-9,21H,10-11H2,1-3H3. The first kappa shape index (κ1) is 18.4. The van der Waals surface area contributed by atoms with Gasteiger partial charge >= 0.3 is 5.97 Å². The van der Waals surface area contributed by atoms with E-state index in [0.717, 1.165) is 17.1 Å². The number of carbonyl (C=O) groups excluding carboxylic acids is 3. The maximum atomic E-state index is 12.5. The number of Topliss-reactive ketones (excluding diaryl/α,β-unsaturated/α-hetero) is 2. The highest BCUT2D eigenvalue weighted by atomic mass is 16.5. The zero-order chi connectivity index (χ0) is 19.6. The number of rotatable bonds is 7. The fourth-order valence-electron chi connectivity index (χ4n) is 2.89. The highest BCUT2D eigenvalue weighted by Crippen LogP contribution is 2.18. The summed E-state index contributed by atoms with van der Waals surface area (Å²) in [6, 6.07) is 6.86. The summed E-state index contributed by atoms with van der Waals surface area (Å²) >= 11 is 0. The van der Waals surface area contributed by atoms with Crippen LogP contribution >= 0.6 is 0 Å². The van der Waals surface area contributed by atoms with Crippen molar-refractivity contribution < 1.29 is 23.5 Å². The van der Waals surface area contributed by atoms with Crippen molar-refractivity contribution in [3.63, 3.8) is 0 Å². The number of H-pyrrole nitrogens is 1. The molecule has 0 atom stereocenters. The molecule has 3 aromatic rings. The molecule has 0 fully saturated rings. The Morgan fingerprint density at radius 2 is 2.00 bits per heavy atom. The van der Waals surface area contributed by atoms with Crippen LogP contribution in [0.15, 0.2) is 41.1 Å². The summed E-state index contributed by atoms with van der Waals surface area (Å²) in [5, 5.41) is 0. The lowest BCUT2D eigenvalue weighted by Gasteiger charge is -2.08. The van der Waals surface area contributed by atoms with Crippen LogP contribution in [0.3, 0.4) is 0 Å². The molecule has 3 rings (SSSR count). The molecule has 0 aliphatic heterocycles. The third-order valence-corrected chi connectivity index (χ3v) is 4.41. The Morgan fingerprint density at radius 3 is 2.63 bits per heavy atom. The number of aryl methyl sites for hydroxylation is 1. The van der Waals surface area contributed by atoms with Crippen LogP contribution in [0.5, 0.6) is 0 Å². The molecule has 0 aliphatic carbocycles. The summed E-state index contributed by atoms with van der Waals surface area (Å²) in [4.78, 5) is 38.5. The number of nitrogens with one attached hydrogen (secondary N) is 1. The van der Waals surface area contributed by atoms with Gasteiger partial charge in [0.1, 0.15) is 11.5 Å². The molecule has 140 valence electrons. The predicted molar refractivity (Wildman–Crippen MR) is 97.1 cm³/mol. The van der Waals surface area contributed by atoms with Gasteiger partial charge in [-0.15, -0.1) is 0 Å². The van der Waals surface area contributed by atoms with Crippen molar-refractivity contribution in [3.8, 4) is 0 Å². The number of carbonyl (C=O) groups is 3. The van der Waals surface area contributed by atoms with Crippen LogP contribution in [0.1, 0.15) is 55.3 Å². The monoisotopic (exact) mass is 368 g/mol. The van der Waals surface area contributed by atoms with Crippen molar-refractivity contribution in [1.29, 1.82) is 0 Å². The minimum absolute atomic E-state index is 0.135. The van der Waals surface area contributed by atoms with Crippen LogP contribution in [-0.4, -0.2) is 33.7 Å². The number of esters is 1. The van der Waals surface area contributed by atoms with Crippen LogP contribution in [0.2, 0.25) is 0 Å². The van der Waals surface area contributed by atoms with Gasteiger partial charge in [-0.25, -0.2) is 4.79 Å². The van der Waals surface area contributed by atoms with E-state index in [1.165, 1.54) is 19.2 Å². The van der Waals surface area contributed by atoms with Crippen LogP contribution < -0.4 is 0 Å². The highest BCUT2D eigenvalue weighted by Gasteiger charge is 2.19.